The van der Waals surface area contributed by atoms with Gasteiger partial charge >= 0.3 is 0 Å². The molecule has 0 saturated carbocycles. The van der Waals surface area contributed by atoms with Crippen molar-refractivity contribution in [2.75, 3.05) is 6.54 Å². The van der Waals surface area contributed by atoms with Crippen LogP contribution in [0.2, 0.25) is 0 Å². The molecule has 2 rings (SSSR count). The molecule has 2 heterocycles. The number of nitrogens with one attached hydrogen (secondary N) is 2. The second kappa shape index (κ2) is 8.44. The number of aryl methyl sites for hydroxylation is 2. The van der Waals surface area contributed by atoms with E-state index in [9.17, 15) is 9.59 Å². The third kappa shape index (κ3) is 4.92. The van der Waals surface area contributed by atoms with Crippen molar-refractivity contribution in [3.8, 4) is 0 Å². The van der Waals surface area contributed by atoms with E-state index < -0.39 is 0 Å². The minimum absolute atomic E-state index is 0.0605. The SMILES string of the molecule is Cc1ccsc1C(=O)NCC(CC(C)C)NC(=O)c1sccc1C. The van der Waals surface area contributed by atoms with Gasteiger partial charge in [-0.15, -0.1) is 22.7 Å². The summed E-state index contributed by atoms with van der Waals surface area (Å²) in [7, 11) is 0. The van der Waals surface area contributed by atoms with Crippen LogP contribution in [0.4, 0.5) is 0 Å². The van der Waals surface area contributed by atoms with E-state index in [0.717, 1.165) is 27.3 Å². The summed E-state index contributed by atoms with van der Waals surface area (Å²) in [5.74, 6) is 0.299. The van der Waals surface area contributed by atoms with Crippen molar-refractivity contribution in [1.29, 1.82) is 0 Å². The van der Waals surface area contributed by atoms with Gasteiger partial charge in [0, 0.05) is 12.6 Å². The summed E-state index contributed by atoms with van der Waals surface area (Å²) in [6, 6.07) is 3.80. The van der Waals surface area contributed by atoms with Crippen LogP contribution in [0.25, 0.3) is 0 Å². The van der Waals surface area contributed by atoms with Crippen LogP contribution in [0.5, 0.6) is 0 Å². The van der Waals surface area contributed by atoms with Gasteiger partial charge in [0.1, 0.15) is 0 Å². The number of amides is 2. The number of thiophene rings is 2. The number of rotatable bonds is 7. The molecule has 2 N–H and O–H groups in total. The molecule has 0 aliphatic heterocycles. The van der Waals surface area contributed by atoms with Gasteiger partial charge in [0.05, 0.1) is 9.75 Å². The Labute approximate surface area is 151 Å². The summed E-state index contributed by atoms with van der Waals surface area (Å²) in [6.45, 7) is 8.52. The summed E-state index contributed by atoms with van der Waals surface area (Å²) in [5.41, 5.74) is 1.97. The molecule has 24 heavy (non-hydrogen) atoms. The van der Waals surface area contributed by atoms with Crippen LogP contribution in [0.15, 0.2) is 22.9 Å². The Morgan fingerprint density at radius 2 is 1.54 bits per heavy atom. The predicted molar refractivity (Wildman–Crippen MR) is 101 cm³/mol. The van der Waals surface area contributed by atoms with Gasteiger partial charge in [-0.1, -0.05) is 13.8 Å². The molecule has 2 aromatic heterocycles. The third-order valence-corrected chi connectivity index (χ3v) is 5.77. The van der Waals surface area contributed by atoms with Gasteiger partial charge in [-0.25, -0.2) is 0 Å². The highest BCUT2D eigenvalue weighted by atomic mass is 32.1. The summed E-state index contributed by atoms with van der Waals surface area (Å²) in [4.78, 5) is 26.2. The molecule has 2 aromatic rings. The highest BCUT2D eigenvalue weighted by molar-refractivity contribution is 7.12. The van der Waals surface area contributed by atoms with Gasteiger partial charge in [-0.2, -0.15) is 0 Å². The monoisotopic (exact) mass is 364 g/mol. The Morgan fingerprint density at radius 3 is 2.00 bits per heavy atom. The molecular weight excluding hydrogens is 340 g/mol. The molecular formula is C18H24N2O2S2. The van der Waals surface area contributed by atoms with Crippen molar-refractivity contribution in [3.05, 3.63) is 43.8 Å². The van der Waals surface area contributed by atoms with Crippen molar-refractivity contribution in [3.63, 3.8) is 0 Å². The van der Waals surface area contributed by atoms with Gasteiger partial charge in [-0.05, 0) is 60.2 Å². The smallest absolute Gasteiger partial charge is 0.261 e. The Kier molecular flexibility index (Phi) is 6.57. The Bertz CT molecular complexity index is 703. The second-order valence-electron chi connectivity index (χ2n) is 6.38. The lowest BCUT2D eigenvalue weighted by molar-refractivity contribution is 0.0907. The zero-order valence-electron chi connectivity index (χ0n) is 14.5. The van der Waals surface area contributed by atoms with E-state index in [1.165, 1.54) is 22.7 Å². The largest absolute Gasteiger partial charge is 0.349 e. The Balaban J connectivity index is 1.98. The molecule has 2 amide bonds. The van der Waals surface area contributed by atoms with E-state index in [2.05, 4.69) is 24.5 Å². The van der Waals surface area contributed by atoms with Crippen molar-refractivity contribution in [2.24, 2.45) is 5.92 Å². The molecule has 0 spiro atoms. The van der Waals surface area contributed by atoms with E-state index in [0.29, 0.717) is 12.5 Å². The van der Waals surface area contributed by atoms with Crippen LogP contribution >= 0.6 is 22.7 Å². The van der Waals surface area contributed by atoms with Gasteiger partial charge in [0.15, 0.2) is 0 Å². The maximum absolute atomic E-state index is 12.4. The van der Waals surface area contributed by atoms with Gasteiger partial charge in [0.2, 0.25) is 0 Å². The lowest BCUT2D eigenvalue weighted by Crippen LogP contribution is -2.44. The normalized spacial score (nSPS) is 12.2. The van der Waals surface area contributed by atoms with E-state index in [4.69, 9.17) is 0 Å². The summed E-state index contributed by atoms with van der Waals surface area (Å²) in [6.07, 6.45) is 0.819. The molecule has 1 unspecified atom stereocenters. The van der Waals surface area contributed by atoms with Crippen molar-refractivity contribution < 1.29 is 9.59 Å². The minimum atomic E-state index is -0.0804. The van der Waals surface area contributed by atoms with Crippen molar-refractivity contribution >= 4 is 34.5 Å². The first-order valence-corrected chi connectivity index (χ1v) is 9.81. The molecule has 0 radical (unpaired) electrons. The van der Waals surface area contributed by atoms with Gasteiger partial charge in [-0.3, -0.25) is 9.59 Å². The van der Waals surface area contributed by atoms with Crippen molar-refractivity contribution in [2.45, 2.75) is 40.2 Å². The molecule has 130 valence electrons. The van der Waals surface area contributed by atoms with Crippen LogP contribution in [-0.4, -0.2) is 24.4 Å². The van der Waals surface area contributed by atoms with E-state index in [1.54, 1.807) is 0 Å². The summed E-state index contributed by atoms with van der Waals surface area (Å²) < 4.78 is 0. The molecule has 6 heteroatoms. The third-order valence-electron chi connectivity index (χ3n) is 3.74. The highest BCUT2D eigenvalue weighted by Gasteiger charge is 2.19. The van der Waals surface area contributed by atoms with Gasteiger partial charge in [0.25, 0.3) is 11.8 Å². The second-order valence-corrected chi connectivity index (χ2v) is 8.21. The first-order valence-electron chi connectivity index (χ1n) is 8.05. The molecule has 1 atom stereocenters. The standard InChI is InChI=1S/C18H24N2O2S2/c1-11(2)9-14(20-18(22)16-13(4)6-8-24-16)10-19-17(21)15-12(3)5-7-23-15/h5-8,11,14H,9-10H2,1-4H3,(H,19,21)(H,20,22). The zero-order chi connectivity index (χ0) is 17.7. The Hall–Kier alpha value is -1.66. The van der Waals surface area contributed by atoms with E-state index >= 15 is 0 Å². The average Bonchev–Trinajstić information content (AvgIpc) is 3.12. The topological polar surface area (TPSA) is 58.2 Å². The molecule has 0 aliphatic carbocycles. The maximum atomic E-state index is 12.4. The number of hydrogen-bond donors (Lipinski definition) is 2. The zero-order valence-corrected chi connectivity index (χ0v) is 16.1. The molecule has 0 bridgehead atoms. The van der Waals surface area contributed by atoms with Crippen LogP contribution in [0.3, 0.4) is 0 Å². The Morgan fingerprint density at radius 1 is 1.00 bits per heavy atom. The highest BCUT2D eigenvalue weighted by Crippen LogP contribution is 2.17. The first-order chi connectivity index (χ1) is 11.4. The average molecular weight is 365 g/mol. The quantitative estimate of drug-likeness (QED) is 0.780. The van der Waals surface area contributed by atoms with Crippen LogP contribution in [0.1, 0.15) is 50.7 Å². The number of hydrogen-bond acceptors (Lipinski definition) is 4. The van der Waals surface area contributed by atoms with Crippen molar-refractivity contribution in [1.82, 2.24) is 10.6 Å². The lowest BCUT2D eigenvalue weighted by atomic mass is 10.0. The van der Waals surface area contributed by atoms with E-state index in [-0.39, 0.29) is 17.9 Å². The molecule has 4 nitrogen and oxygen atoms in total. The van der Waals surface area contributed by atoms with Crippen LogP contribution in [-0.2, 0) is 0 Å². The lowest BCUT2D eigenvalue weighted by Gasteiger charge is -2.21. The molecule has 0 fully saturated rings. The predicted octanol–water partition coefficient (Wildman–Crippen LogP) is 4.00. The number of carbonyl (C=O) groups is 2. The van der Waals surface area contributed by atoms with E-state index in [1.807, 2.05) is 36.7 Å². The summed E-state index contributed by atoms with van der Waals surface area (Å²) >= 11 is 2.88. The van der Waals surface area contributed by atoms with Crippen LogP contribution < -0.4 is 10.6 Å². The maximum Gasteiger partial charge on any atom is 0.261 e. The fraction of sp³-hybridized carbons (Fsp3) is 0.444. The summed E-state index contributed by atoms with van der Waals surface area (Å²) in [5, 5.41) is 9.86. The fourth-order valence-electron chi connectivity index (χ4n) is 2.52. The number of carbonyl (C=O) groups excluding carboxylic acids is 2. The van der Waals surface area contributed by atoms with Gasteiger partial charge < -0.3 is 10.6 Å². The first kappa shape index (κ1) is 18.7. The fourth-order valence-corrected chi connectivity index (χ4v) is 4.19. The van der Waals surface area contributed by atoms with Crippen LogP contribution in [0, 0.1) is 19.8 Å². The molecule has 0 aromatic carbocycles. The molecule has 0 aliphatic rings. The molecule has 0 saturated heterocycles. The minimum Gasteiger partial charge on any atom is -0.349 e.